The fourth-order valence-corrected chi connectivity index (χ4v) is 3.18. The molecule has 0 aromatic carbocycles. The number of aromatic nitrogens is 2. The summed E-state index contributed by atoms with van der Waals surface area (Å²) in [5.74, 6) is 0.382. The molecule has 2 saturated heterocycles. The average Bonchev–Trinajstić information content (AvgIpc) is 2.85. The minimum atomic E-state index is -0.381. The van der Waals surface area contributed by atoms with Crippen molar-refractivity contribution in [3.8, 4) is 0 Å². The van der Waals surface area contributed by atoms with Gasteiger partial charge in [-0.3, -0.25) is 4.90 Å². The Balaban J connectivity index is 1.74. The first kappa shape index (κ1) is 12.6. The summed E-state index contributed by atoms with van der Waals surface area (Å²) in [6.07, 6.45) is 6.03. The molecule has 0 amide bonds. The van der Waals surface area contributed by atoms with Gasteiger partial charge in [-0.1, -0.05) is 6.42 Å². The summed E-state index contributed by atoms with van der Waals surface area (Å²) >= 11 is 0. The van der Waals surface area contributed by atoms with Gasteiger partial charge in [0.15, 0.2) is 11.6 Å². The standard InChI is InChI=1S/C13H20FN5/c1-15-13-16-8-9(14)12(18-13)17-10-5-7-19-6-3-2-4-11(10)19/h8,10-11H,2-7H2,1H3,(H2,15,16,17,18). The third kappa shape index (κ3) is 2.49. The van der Waals surface area contributed by atoms with Gasteiger partial charge in [0.25, 0.3) is 0 Å². The van der Waals surface area contributed by atoms with E-state index in [0.29, 0.717) is 23.8 Å². The highest BCUT2D eigenvalue weighted by Crippen LogP contribution is 2.29. The highest BCUT2D eigenvalue weighted by Gasteiger charge is 2.35. The summed E-state index contributed by atoms with van der Waals surface area (Å²) in [4.78, 5) is 10.5. The van der Waals surface area contributed by atoms with Crippen LogP contribution in [0.3, 0.4) is 0 Å². The topological polar surface area (TPSA) is 53.1 Å². The van der Waals surface area contributed by atoms with E-state index in [0.717, 1.165) is 13.0 Å². The summed E-state index contributed by atoms with van der Waals surface area (Å²) in [6, 6.07) is 0.829. The lowest BCUT2D eigenvalue weighted by Gasteiger charge is -2.32. The molecular formula is C13H20FN5. The Kier molecular flexibility index (Phi) is 3.50. The molecule has 104 valence electrons. The minimum Gasteiger partial charge on any atom is -0.363 e. The predicted molar refractivity (Wildman–Crippen MR) is 72.8 cm³/mol. The molecule has 1 aromatic heterocycles. The molecule has 2 fully saturated rings. The number of nitrogens with zero attached hydrogens (tertiary/aromatic N) is 3. The zero-order valence-corrected chi connectivity index (χ0v) is 11.2. The molecule has 2 aliphatic rings. The van der Waals surface area contributed by atoms with Crippen molar-refractivity contribution in [3.63, 3.8) is 0 Å². The van der Waals surface area contributed by atoms with Crippen LogP contribution < -0.4 is 10.6 Å². The monoisotopic (exact) mass is 265 g/mol. The quantitative estimate of drug-likeness (QED) is 0.871. The molecular weight excluding hydrogens is 245 g/mol. The van der Waals surface area contributed by atoms with E-state index in [9.17, 15) is 4.39 Å². The van der Waals surface area contributed by atoms with Crippen LogP contribution in [0, 0.1) is 5.82 Å². The molecule has 3 rings (SSSR count). The SMILES string of the molecule is CNc1ncc(F)c(NC2CCN3CCCCC23)n1. The second-order valence-corrected chi connectivity index (χ2v) is 5.28. The van der Waals surface area contributed by atoms with Crippen LogP contribution in [0.1, 0.15) is 25.7 Å². The number of hydrogen-bond donors (Lipinski definition) is 2. The number of piperidine rings is 1. The molecule has 3 heterocycles. The fraction of sp³-hybridized carbons (Fsp3) is 0.692. The Labute approximate surface area is 112 Å². The smallest absolute Gasteiger partial charge is 0.224 e. The number of hydrogen-bond acceptors (Lipinski definition) is 5. The average molecular weight is 265 g/mol. The van der Waals surface area contributed by atoms with Gasteiger partial charge in [0, 0.05) is 25.7 Å². The van der Waals surface area contributed by atoms with Crippen LogP contribution in [0.2, 0.25) is 0 Å². The van der Waals surface area contributed by atoms with Crippen molar-refractivity contribution < 1.29 is 4.39 Å². The molecule has 2 N–H and O–H groups in total. The lowest BCUT2D eigenvalue weighted by atomic mass is 9.99. The first-order valence-electron chi connectivity index (χ1n) is 6.99. The molecule has 0 saturated carbocycles. The number of halogens is 1. The second-order valence-electron chi connectivity index (χ2n) is 5.28. The lowest BCUT2D eigenvalue weighted by molar-refractivity contribution is 0.192. The summed E-state index contributed by atoms with van der Waals surface area (Å²) < 4.78 is 13.8. The van der Waals surface area contributed by atoms with Gasteiger partial charge >= 0.3 is 0 Å². The van der Waals surface area contributed by atoms with E-state index in [-0.39, 0.29) is 5.82 Å². The maximum atomic E-state index is 13.8. The van der Waals surface area contributed by atoms with Crippen molar-refractivity contribution in [1.82, 2.24) is 14.9 Å². The Morgan fingerprint density at radius 1 is 1.32 bits per heavy atom. The second kappa shape index (κ2) is 5.28. The molecule has 2 atom stereocenters. The van der Waals surface area contributed by atoms with Crippen molar-refractivity contribution in [2.45, 2.75) is 37.8 Å². The Bertz CT molecular complexity index is 453. The van der Waals surface area contributed by atoms with Gasteiger partial charge in [-0.05, 0) is 25.8 Å². The zero-order chi connectivity index (χ0) is 13.2. The molecule has 5 nitrogen and oxygen atoms in total. The van der Waals surface area contributed by atoms with E-state index < -0.39 is 0 Å². The number of rotatable bonds is 3. The molecule has 2 unspecified atom stereocenters. The summed E-state index contributed by atoms with van der Waals surface area (Å²) in [5, 5.41) is 6.11. The first-order chi connectivity index (χ1) is 9.28. The van der Waals surface area contributed by atoms with Gasteiger partial charge in [0.05, 0.1) is 6.20 Å². The fourth-order valence-electron chi connectivity index (χ4n) is 3.18. The molecule has 2 aliphatic heterocycles. The van der Waals surface area contributed by atoms with E-state index in [4.69, 9.17) is 0 Å². The number of nitrogens with one attached hydrogen (secondary N) is 2. The Morgan fingerprint density at radius 3 is 3.05 bits per heavy atom. The van der Waals surface area contributed by atoms with Gasteiger partial charge in [-0.2, -0.15) is 4.98 Å². The third-order valence-electron chi connectivity index (χ3n) is 4.15. The van der Waals surface area contributed by atoms with E-state index >= 15 is 0 Å². The van der Waals surface area contributed by atoms with Gasteiger partial charge in [0.1, 0.15) is 0 Å². The minimum absolute atomic E-state index is 0.300. The van der Waals surface area contributed by atoms with Crippen LogP contribution in [0.15, 0.2) is 6.20 Å². The highest BCUT2D eigenvalue weighted by molar-refractivity contribution is 5.42. The van der Waals surface area contributed by atoms with Crippen LogP contribution in [-0.2, 0) is 0 Å². The van der Waals surface area contributed by atoms with Crippen LogP contribution in [0.4, 0.5) is 16.2 Å². The molecule has 0 radical (unpaired) electrons. The molecule has 0 bridgehead atoms. The number of fused-ring (bicyclic) bond motifs is 1. The molecule has 0 aliphatic carbocycles. The summed E-state index contributed by atoms with van der Waals surface area (Å²) in [5.41, 5.74) is 0. The summed E-state index contributed by atoms with van der Waals surface area (Å²) in [6.45, 7) is 2.28. The molecule has 0 spiro atoms. The van der Waals surface area contributed by atoms with E-state index in [1.807, 2.05) is 0 Å². The molecule has 19 heavy (non-hydrogen) atoms. The van der Waals surface area contributed by atoms with E-state index in [1.54, 1.807) is 7.05 Å². The first-order valence-corrected chi connectivity index (χ1v) is 6.99. The highest BCUT2D eigenvalue weighted by atomic mass is 19.1. The summed E-state index contributed by atoms with van der Waals surface area (Å²) in [7, 11) is 1.73. The predicted octanol–water partition coefficient (Wildman–Crippen LogP) is 1.70. The largest absolute Gasteiger partial charge is 0.363 e. The van der Waals surface area contributed by atoms with Gasteiger partial charge in [0.2, 0.25) is 5.95 Å². The normalized spacial score (nSPS) is 27.1. The third-order valence-corrected chi connectivity index (χ3v) is 4.15. The van der Waals surface area contributed by atoms with Crippen molar-refractivity contribution in [2.24, 2.45) is 0 Å². The van der Waals surface area contributed by atoms with E-state index in [1.165, 1.54) is 32.0 Å². The van der Waals surface area contributed by atoms with Gasteiger partial charge in [-0.15, -0.1) is 0 Å². The Hall–Kier alpha value is -1.43. The maximum Gasteiger partial charge on any atom is 0.224 e. The maximum absolute atomic E-state index is 13.8. The van der Waals surface area contributed by atoms with E-state index in [2.05, 4.69) is 25.5 Å². The lowest BCUT2D eigenvalue weighted by Crippen LogP contribution is -2.42. The van der Waals surface area contributed by atoms with Crippen molar-refractivity contribution in [1.29, 1.82) is 0 Å². The van der Waals surface area contributed by atoms with Crippen LogP contribution in [0.25, 0.3) is 0 Å². The van der Waals surface area contributed by atoms with Crippen molar-refractivity contribution in [3.05, 3.63) is 12.0 Å². The van der Waals surface area contributed by atoms with Crippen molar-refractivity contribution in [2.75, 3.05) is 30.8 Å². The van der Waals surface area contributed by atoms with Crippen LogP contribution >= 0.6 is 0 Å². The molecule has 6 heteroatoms. The van der Waals surface area contributed by atoms with Gasteiger partial charge in [-0.25, -0.2) is 9.37 Å². The molecule has 1 aromatic rings. The number of anilines is 2. The van der Waals surface area contributed by atoms with Crippen molar-refractivity contribution >= 4 is 11.8 Å². The van der Waals surface area contributed by atoms with Gasteiger partial charge < -0.3 is 10.6 Å². The van der Waals surface area contributed by atoms with Crippen LogP contribution in [-0.4, -0.2) is 47.1 Å². The van der Waals surface area contributed by atoms with Crippen LogP contribution in [0.5, 0.6) is 0 Å². The zero-order valence-electron chi connectivity index (χ0n) is 11.2. The Morgan fingerprint density at radius 2 is 2.21 bits per heavy atom.